The first-order valence-corrected chi connectivity index (χ1v) is 6.89. The Hall–Kier alpha value is -1.95. The third-order valence-electron chi connectivity index (χ3n) is 2.58. The molecule has 2 aromatic heterocycles. The van der Waals surface area contributed by atoms with Crippen molar-refractivity contribution in [2.45, 2.75) is 26.3 Å². The first-order chi connectivity index (χ1) is 9.17. The maximum Gasteiger partial charge on any atom is 0.226 e. The van der Waals surface area contributed by atoms with Crippen molar-refractivity contribution in [3.8, 4) is 0 Å². The van der Waals surface area contributed by atoms with Gasteiger partial charge in [0.15, 0.2) is 0 Å². The van der Waals surface area contributed by atoms with Crippen molar-refractivity contribution in [3.05, 3.63) is 40.1 Å². The topological polar surface area (TPSA) is 80.9 Å². The number of thiazole rings is 1. The fourth-order valence-electron chi connectivity index (χ4n) is 1.53. The monoisotopic (exact) mass is 276 g/mol. The molecule has 0 bridgehead atoms. The van der Waals surface area contributed by atoms with E-state index in [1.807, 2.05) is 6.20 Å². The summed E-state index contributed by atoms with van der Waals surface area (Å²) in [6, 6.07) is 3.50. The fraction of sp³-hybridized carbons (Fsp3) is 0.308. The molecule has 0 saturated carbocycles. The Bertz CT molecular complexity index is 550. The van der Waals surface area contributed by atoms with E-state index in [-0.39, 0.29) is 12.3 Å². The number of nitrogens with one attached hydrogen (secondary N) is 1. The van der Waals surface area contributed by atoms with Crippen LogP contribution >= 0.6 is 11.3 Å². The lowest BCUT2D eigenvalue weighted by Crippen LogP contribution is -2.24. The standard InChI is InChI=1S/C13H16N4OS/c1-2-11-7-17-13(19-11)8-16-12(18)5-10-4-3-9(14)6-15-10/h3-4,6-7H,2,5,8,14H2,1H3,(H,16,18). The number of nitrogen functional groups attached to an aromatic ring is 1. The molecule has 100 valence electrons. The average molecular weight is 276 g/mol. The molecular formula is C13H16N4OS. The summed E-state index contributed by atoms with van der Waals surface area (Å²) in [5.74, 6) is -0.0643. The average Bonchev–Trinajstić information content (AvgIpc) is 2.87. The van der Waals surface area contributed by atoms with E-state index in [0.717, 1.165) is 11.4 Å². The molecule has 5 nitrogen and oxygen atoms in total. The summed E-state index contributed by atoms with van der Waals surface area (Å²) in [6.45, 7) is 2.56. The van der Waals surface area contributed by atoms with Crippen LogP contribution in [0.4, 0.5) is 5.69 Å². The first kappa shape index (κ1) is 13.5. The van der Waals surface area contributed by atoms with Gasteiger partial charge in [0.2, 0.25) is 5.91 Å². The Morgan fingerprint density at radius 3 is 2.84 bits per heavy atom. The summed E-state index contributed by atoms with van der Waals surface area (Å²) in [5.41, 5.74) is 6.84. The Morgan fingerprint density at radius 1 is 1.37 bits per heavy atom. The minimum Gasteiger partial charge on any atom is -0.397 e. The molecule has 0 aliphatic rings. The Labute approximate surface area is 115 Å². The second-order valence-electron chi connectivity index (χ2n) is 4.11. The Balaban J connectivity index is 1.82. The third kappa shape index (κ3) is 4.03. The van der Waals surface area contributed by atoms with Crippen molar-refractivity contribution in [1.29, 1.82) is 0 Å². The summed E-state index contributed by atoms with van der Waals surface area (Å²) >= 11 is 1.63. The van der Waals surface area contributed by atoms with E-state index in [1.165, 1.54) is 4.88 Å². The van der Waals surface area contributed by atoms with Crippen molar-refractivity contribution in [3.63, 3.8) is 0 Å². The van der Waals surface area contributed by atoms with Crippen LogP contribution in [0.15, 0.2) is 24.5 Å². The van der Waals surface area contributed by atoms with Crippen LogP contribution in [-0.2, 0) is 24.2 Å². The number of hydrogen-bond donors (Lipinski definition) is 2. The molecule has 19 heavy (non-hydrogen) atoms. The fourth-order valence-corrected chi connectivity index (χ4v) is 2.34. The predicted molar refractivity (Wildman–Crippen MR) is 75.7 cm³/mol. The first-order valence-electron chi connectivity index (χ1n) is 6.08. The van der Waals surface area contributed by atoms with Gasteiger partial charge in [0.25, 0.3) is 0 Å². The summed E-state index contributed by atoms with van der Waals surface area (Å²) in [4.78, 5) is 21.3. The van der Waals surface area contributed by atoms with Gasteiger partial charge in [-0.3, -0.25) is 9.78 Å². The molecule has 0 unspecified atom stereocenters. The smallest absolute Gasteiger partial charge is 0.226 e. The predicted octanol–water partition coefficient (Wildman–Crippen LogP) is 1.54. The molecule has 3 N–H and O–H groups in total. The van der Waals surface area contributed by atoms with Gasteiger partial charge in [-0.2, -0.15) is 0 Å². The van der Waals surface area contributed by atoms with E-state index < -0.39 is 0 Å². The van der Waals surface area contributed by atoms with Crippen LogP contribution in [0.2, 0.25) is 0 Å². The van der Waals surface area contributed by atoms with Gasteiger partial charge in [0, 0.05) is 16.8 Å². The van der Waals surface area contributed by atoms with E-state index in [0.29, 0.717) is 17.9 Å². The summed E-state index contributed by atoms with van der Waals surface area (Å²) < 4.78 is 0. The maximum atomic E-state index is 11.7. The molecule has 0 aliphatic heterocycles. The van der Waals surface area contributed by atoms with Crippen LogP contribution < -0.4 is 11.1 Å². The van der Waals surface area contributed by atoms with Gasteiger partial charge in [0.1, 0.15) is 5.01 Å². The number of nitrogens with two attached hydrogens (primary N) is 1. The molecule has 2 heterocycles. The molecule has 0 radical (unpaired) electrons. The second-order valence-corrected chi connectivity index (χ2v) is 5.31. The largest absolute Gasteiger partial charge is 0.397 e. The lowest BCUT2D eigenvalue weighted by molar-refractivity contribution is -0.120. The highest BCUT2D eigenvalue weighted by Gasteiger charge is 2.06. The Morgan fingerprint density at radius 2 is 2.21 bits per heavy atom. The maximum absolute atomic E-state index is 11.7. The number of hydrogen-bond acceptors (Lipinski definition) is 5. The lowest BCUT2D eigenvalue weighted by atomic mass is 10.2. The van der Waals surface area contributed by atoms with Crippen molar-refractivity contribution < 1.29 is 4.79 Å². The van der Waals surface area contributed by atoms with E-state index >= 15 is 0 Å². The van der Waals surface area contributed by atoms with Crippen molar-refractivity contribution in [1.82, 2.24) is 15.3 Å². The van der Waals surface area contributed by atoms with E-state index in [2.05, 4.69) is 22.2 Å². The minimum absolute atomic E-state index is 0.0643. The van der Waals surface area contributed by atoms with Gasteiger partial charge in [-0.1, -0.05) is 6.92 Å². The molecule has 2 aromatic rings. The minimum atomic E-state index is -0.0643. The lowest BCUT2D eigenvalue weighted by Gasteiger charge is -2.03. The number of carbonyl (C=O) groups is 1. The number of aromatic nitrogens is 2. The Kier molecular flexibility index (Phi) is 4.46. The van der Waals surface area contributed by atoms with Gasteiger partial charge >= 0.3 is 0 Å². The van der Waals surface area contributed by atoms with Crippen LogP contribution in [0.25, 0.3) is 0 Å². The molecule has 6 heteroatoms. The number of aryl methyl sites for hydroxylation is 1. The molecule has 0 aromatic carbocycles. The normalized spacial score (nSPS) is 10.4. The van der Waals surface area contributed by atoms with Gasteiger partial charge in [0.05, 0.1) is 24.8 Å². The number of amides is 1. The van der Waals surface area contributed by atoms with Crippen molar-refractivity contribution in [2.75, 3.05) is 5.73 Å². The molecule has 2 rings (SSSR count). The van der Waals surface area contributed by atoms with Crippen LogP contribution in [0.3, 0.4) is 0 Å². The zero-order valence-corrected chi connectivity index (χ0v) is 11.5. The zero-order valence-electron chi connectivity index (χ0n) is 10.7. The molecule has 0 atom stereocenters. The van der Waals surface area contributed by atoms with Gasteiger partial charge in [-0.05, 0) is 18.6 Å². The highest BCUT2D eigenvalue weighted by atomic mass is 32.1. The van der Waals surface area contributed by atoms with Crippen LogP contribution in [-0.4, -0.2) is 15.9 Å². The molecular weight excluding hydrogens is 260 g/mol. The van der Waals surface area contributed by atoms with Crippen molar-refractivity contribution >= 4 is 22.9 Å². The third-order valence-corrected chi connectivity index (χ3v) is 3.72. The molecule has 0 aliphatic carbocycles. The van der Waals surface area contributed by atoms with Gasteiger partial charge < -0.3 is 11.1 Å². The number of nitrogens with zero attached hydrogens (tertiary/aromatic N) is 2. The molecule has 1 amide bonds. The van der Waals surface area contributed by atoms with Crippen LogP contribution in [0, 0.1) is 0 Å². The van der Waals surface area contributed by atoms with Crippen LogP contribution in [0.5, 0.6) is 0 Å². The SMILES string of the molecule is CCc1cnc(CNC(=O)Cc2ccc(N)cn2)s1. The van der Waals surface area contributed by atoms with Gasteiger partial charge in [-0.15, -0.1) is 11.3 Å². The van der Waals surface area contributed by atoms with Crippen LogP contribution in [0.1, 0.15) is 22.5 Å². The highest BCUT2D eigenvalue weighted by molar-refractivity contribution is 7.11. The zero-order chi connectivity index (χ0) is 13.7. The molecule has 0 spiro atoms. The number of pyridine rings is 1. The second kappa shape index (κ2) is 6.29. The molecule has 0 fully saturated rings. The quantitative estimate of drug-likeness (QED) is 0.868. The molecule has 0 saturated heterocycles. The van der Waals surface area contributed by atoms with E-state index in [9.17, 15) is 4.79 Å². The summed E-state index contributed by atoms with van der Waals surface area (Å²) in [7, 11) is 0. The summed E-state index contributed by atoms with van der Waals surface area (Å²) in [5, 5.41) is 3.76. The van der Waals surface area contributed by atoms with E-state index in [4.69, 9.17) is 5.73 Å². The van der Waals surface area contributed by atoms with Gasteiger partial charge in [-0.25, -0.2) is 4.98 Å². The number of anilines is 1. The van der Waals surface area contributed by atoms with Crippen molar-refractivity contribution in [2.24, 2.45) is 0 Å². The highest BCUT2D eigenvalue weighted by Crippen LogP contribution is 2.12. The number of rotatable bonds is 5. The van der Waals surface area contributed by atoms with E-state index in [1.54, 1.807) is 29.7 Å². The summed E-state index contributed by atoms with van der Waals surface area (Å²) in [6.07, 6.45) is 4.64. The number of carbonyl (C=O) groups excluding carboxylic acids is 1.